The van der Waals surface area contributed by atoms with Crippen molar-refractivity contribution in [2.75, 3.05) is 0 Å². The molecular formula is C18H19BBr2O2. The number of benzene rings is 2. The molecule has 1 aliphatic heterocycles. The van der Waals surface area contributed by atoms with Gasteiger partial charge in [-0.05, 0) is 56.4 Å². The fourth-order valence-electron chi connectivity index (χ4n) is 2.66. The summed E-state index contributed by atoms with van der Waals surface area (Å²) in [5.74, 6) is 0. The van der Waals surface area contributed by atoms with E-state index in [0.29, 0.717) is 0 Å². The molecule has 0 amide bonds. The van der Waals surface area contributed by atoms with Gasteiger partial charge in [0, 0.05) is 8.95 Å². The first-order valence-corrected chi connectivity index (χ1v) is 9.20. The predicted molar refractivity (Wildman–Crippen MR) is 103 cm³/mol. The van der Waals surface area contributed by atoms with Crippen LogP contribution in [0.1, 0.15) is 27.7 Å². The van der Waals surface area contributed by atoms with Gasteiger partial charge in [-0.25, -0.2) is 0 Å². The van der Waals surface area contributed by atoms with E-state index in [1.165, 1.54) is 0 Å². The molecule has 0 spiro atoms. The fraction of sp³-hybridized carbons (Fsp3) is 0.333. The summed E-state index contributed by atoms with van der Waals surface area (Å²) in [6.45, 7) is 8.29. The van der Waals surface area contributed by atoms with Crippen molar-refractivity contribution in [3.05, 3.63) is 51.4 Å². The zero-order valence-electron chi connectivity index (χ0n) is 13.7. The summed E-state index contributed by atoms with van der Waals surface area (Å²) in [4.78, 5) is 0. The molecule has 0 unspecified atom stereocenters. The Hall–Kier alpha value is -0.615. The first-order valence-electron chi connectivity index (χ1n) is 7.61. The molecule has 1 heterocycles. The van der Waals surface area contributed by atoms with Crippen LogP contribution in [-0.2, 0) is 9.31 Å². The Morgan fingerprint density at radius 2 is 1.43 bits per heavy atom. The maximum atomic E-state index is 6.26. The largest absolute Gasteiger partial charge is 0.495 e. The van der Waals surface area contributed by atoms with Gasteiger partial charge in [-0.3, -0.25) is 0 Å². The first-order chi connectivity index (χ1) is 10.7. The number of rotatable bonds is 2. The normalized spacial score (nSPS) is 19.1. The van der Waals surface area contributed by atoms with Crippen LogP contribution in [-0.4, -0.2) is 18.3 Å². The van der Waals surface area contributed by atoms with Gasteiger partial charge in [0.05, 0.1) is 11.2 Å². The lowest BCUT2D eigenvalue weighted by Crippen LogP contribution is -2.41. The molecule has 0 N–H and O–H groups in total. The Kier molecular flexibility index (Phi) is 4.51. The van der Waals surface area contributed by atoms with Crippen molar-refractivity contribution >= 4 is 44.4 Å². The molecule has 0 bridgehead atoms. The van der Waals surface area contributed by atoms with E-state index in [9.17, 15) is 0 Å². The maximum Gasteiger partial charge on any atom is 0.495 e. The van der Waals surface area contributed by atoms with Crippen LogP contribution in [0.3, 0.4) is 0 Å². The van der Waals surface area contributed by atoms with Gasteiger partial charge in [0.1, 0.15) is 0 Å². The summed E-state index contributed by atoms with van der Waals surface area (Å²) in [6.07, 6.45) is 0. The molecule has 3 rings (SSSR count). The van der Waals surface area contributed by atoms with Gasteiger partial charge in [-0.15, -0.1) is 0 Å². The number of hydrogen-bond acceptors (Lipinski definition) is 2. The molecule has 5 heteroatoms. The molecule has 120 valence electrons. The van der Waals surface area contributed by atoms with E-state index < -0.39 is 7.12 Å². The Labute approximate surface area is 155 Å². The van der Waals surface area contributed by atoms with Gasteiger partial charge in [0.2, 0.25) is 0 Å². The van der Waals surface area contributed by atoms with E-state index in [4.69, 9.17) is 9.31 Å². The van der Waals surface area contributed by atoms with E-state index in [0.717, 1.165) is 25.5 Å². The molecule has 0 saturated carbocycles. The van der Waals surface area contributed by atoms with E-state index in [1.54, 1.807) is 0 Å². The van der Waals surface area contributed by atoms with Crippen LogP contribution in [0.2, 0.25) is 0 Å². The highest BCUT2D eigenvalue weighted by molar-refractivity contribution is 9.11. The van der Waals surface area contributed by atoms with Gasteiger partial charge < -0.3 is 9.31 Å². The summed E-state index contributed by atoms with van der Waals surface area (Å²) < 4.78 is 14.5. The molecule has 2 nitrogen and oxygen atoms in total. The molecule has 0 aromatic heterocycles. The third-order valence-corrected chi connectivity index (χ3v) is 5.74. The molecule has 1 fully saturated rings. The average molecular weight is 438 g/mol. The van der Waals surface area contributed by atoms with Crippen molar-refractivity contribution in [2.24, 2.45) is 0 Å². The lowest BCUT2D eigenvalue weighted by Gasteiger charge is -2.32. The Bertz CT molecular complexity index is 713. The Balaban J connectivity index is 2.14. The molecule has 0 radical (unpaired) electrons. The Morgan fingerprint density at radius 3 is 2.00 bits per heavy atom. The summed E-state index contributed by atoms with van der Waals surface area (Å²) in [5, 5.41) is 0. The van der Waals surface area contributed by atoms with Gasteiger partial charge in [-0.2, -0.15) is 0 Å². The molecule has 23 heavy (non-hydrogen) atoms. The lowest BCUT2D eigenvalue weighted by molar-refractivity contribution is 0.00578. The minimum Gasteiger partial charge on any atom is -0.399 e. The third-order valence-electron chi connectivity index (χ3n) is 4.66. The van der Waals surface area contributed by atoms with Gasteiger partial charge >= 0.3 is 7.12 Å². The molecule has 2 aromatic carbocycles. The minimum atomic E-state index is -0.399. The van der Waals surface area contributed by atoms with Crippen LogP contribution in [0.15, 0.2) is 51.4 Å². The highest BCUT2D eigenvalue weighted by atomic mass is 79.9. The molecule has 1 saturated heterocycles. The third kappa shape index (κ3) is 3.17. The predicted octanol–water partition coefficient (Wildman–Crippen LogP) is 5.18. The topological polar surface area (TPSA) is 18.5 Å². The Morgan fingerprint density at radius 1 is 0.870 bits per heavy atom. The molecule has 0 atom stereocenters. The number of halogens is 2. The van der Waals surface area contributed by atoms with Gasteiger partial charge in [0.25, 0.3) is 0 Å². The average Bonchev–Trinajstić information content (AvgIpc) is 2.67. The standard InChI is InChI=1S/C18H19BBr2O2/c1-17(2)18(3,4)23-19(22-17)14-10-13(20)11-15(21)16(14)12-8-6-5-7-9-12/h5-11H,1-4H3. The van der Waals surface area contributed by atoms with Crippen LogP contribution in [0.4, 0.5) is 0 Å². The summed E-state index contributed by atoms with van der Waals surface area (Å²) >= 11 is 7.28. The smallest absolute Gasteiger partial charge is 0.399 e. The number of hydrogen-bond donors (Lipinski definition) is 0. The molecular weight excluding hydrogens is 419 g/mol. The SMILES string of the molecule is CC1(C)OB(c2cc(Br)cc(Br)c2-c2ccccc2)OC1(C)C. The van der Waals surface area contributed by atoms with Crippen LogP contribution >= 0.6 is 31.9 Å². The van der Waals surface area contributed by atoms with E-state index in [1.807, 2.05) is 18.2 Å². The summed E-state index contributed by atoms with van der Waals surface area (Å²) in [7, 11) is -0.399. The highest BCUT2D eigenvalue weighted by Gasteiger charge is 2.52. The zero-order chi connectivity index (χ0) is 16.8. The van der Waals surface area contributed by atoms with Crippen molar-refractivity contribution in [1.82, 2.24) is 0 Å². The van der Waals surface area contributed by atoms with Crippen LogP contribution in [0.25, 0.3) is 11.1 Å². The van der Waals surface area contributed by atoms with Crippen molar-refractivity contribution in [3.8, 4) is 11.1 Å². The van der Waals surface area contributed by atoms with Crippen LogP contribution in [0, 0.1) is 0 Å². The van der Waals surface area contributed by atoms with Crippen LogP contribution < -0.4 is 5.46 Å². The van der Waals surface area contributed by atoms with Crippen molar-refractivity contribution in [2.45, 2.75) is 38.9 Å². The highest BCUT2D eigenvalue weighted by Crippen LogP contribution is 2.38. The van der Waals surface area contributed by atoms with E-state index in [-0.39, 0.29) is 11.2 Å². The van der Waals surface area contributed by atoms with Gasteiger partial charge in [-0.1, -0.05) is 62.2 Å². The molecule has 2 aromatic rings. The lowest BCUT2D eigenvalue weighted by atomic mass is 9.74. The monoisotopic (exact) mass is 436 g/mol. The second kappa shape index (κ2) is 6.03. The molecule has 1 aliphatic rings. The fourth-order valence-corrected chi connectivity index (χ4v) is 4.15. The van der Waals surface area contributed by atoms with Crippen molar-refractivity contribution < 1.29 is 9.31 Å². The first kappa shape index (κ1) is 17.2. The zero-order valence-corrected chi connectivity index (χ0v) is 16.9. The second-order valence-corrected chi connectivity index (χ2v) is 8.58. The summed E-state index contributed by atoms with van der Waals surface area (Å²) in [6, 6.07) is 14.4. The summed E-state index contributed by atoms with van der Waals surface area (Å²) in [5.41, 5.74) is 2.54. The minimum absolute atomic E-state index is 0.361. The van der Waals surface area contributed by atoms with Crippen molar-refractivity contribution in [1.29, 1.82) is 0 Å². The van der Waals surface area contributed by atoms with E-state index in [2.05, 4.69) is 83.8 Å². The quantitative estimate of drug-likeness (QED) is 0.603. The maximum absolute atomic E-state index is 6.26. The van der Waals surface area contributed by atoms with Crippen molar-refractivity contribution in [3.63, 3.8) is 0 Å². The van der Waals surface area contributed by atoms with Gasteiger partial charge in [0.15, 0.2) is 0 Å². The second-order valence-electron chi connectivity index (χ2n) is 6.81. The van der Waals surface area contributed by atoms with E-state index >= 15 is 0 Å². The molecule has 0 aliphatic carbocycles. The van der Waals surface area contributed by atoms with Crippen LogP contribution in [0.5, 0.6) is 0 Å².